The molecule has 140 valence electrons. The average Bonchev–Trinajstić information content (AvgIpc) is 3.18. The maximum Gasteiger partial charge on any atom is 0.335 e. The maximum absolute atomic E-state index is 11.0. The molecular formula is C22H17NO5. The first kappa shape index (κ1) is 17.6. The van der Waals surface area contributed by atoms with Gasteiger partial charge in [0.2, 0.25) is 5.90 Å². The molecule has 0 aromatic heterocycles. The highest BCUT2D eigenvalue weighted by Gasteiger charge is 2.24. The Labute approximate surface area is 161 Å². The van der Waals surface area contributed by atoms with Crippen LogP contribution in [0.4, 0.5) is 0 Å². The van der Waals surface area contributed by atoms with E-state index in [1.807, 2.05) is 54.6 Å². The zero-order chi connectivity index (χ0) is 19.3. The fourth-order valence-electron chi connectivity index (χ4n) is 2.80. The van der Waals surface area contributed by atoms with Crippen molar-refractivity contribution in [3.05, 3.63) is 90.0 Å². The summed E-state index contributed by atoms with van der Waals surface area (Å²) in [5.74, 6) is 1.31. The van der Waals surface area contributed by atoms with E-state index in [1.165, 1.54) is 12.1 Å². The minimum Gasteiger partial charge on any atom is -0.478 e. The molecule has 0 saturated heterocycles. The Morgan fingerprint density at radius 3 is 2.36 bits per heavy atom. The summed E-state index contributed by atoms with van der Waals surface area (Å²) in [6.07, 6.45) is 0.194. The molecule has 4 rings (SSSR count). The highest BCUT2D eigenvalue weighted by molar-refractivity contribution is 5.88. The van der Waals surface area contributed by atoms with Crippen molar-refractivity contribution in [2.24, 2.45) is 5.16 Å². The number of rotatable bonds is 5. The van der Waals surface area contributed by atoms with Crippen molar-refractivity contribution in [2.75, 3.05) is 0 Å². The minimum atomic E-state index is -1.01. The number of hydrogen-bond acceptors (Lipinski definition) is 5. The molecule has 0 radical (unpaired) electrons. The molecule has 1 heterocycles. The second kappa shape index (κ2) is 7.84. The standard InChI is InChI=1S/C22H17NO5/c24-22(25)16-5-4-8-19(13-16)27-21-14-20(28-23-21)15-9-11-18(12-10-15)26-17-6-2-1-3-7-17/h1-13,20H,14H2,(H,24,25)/t20-/m1/s1. The van der Waals surface area contributed by atoms with Crippen LogP contribution in [0.25, 0.3) is 0 Å². The Kier molecular flexibility index (Phi) is 4.93. The Balaban J connectivity index is 1.37. The third-order valence-electron chi connectivity index (χ3n) is 4.19. The Morgan fingerprint density at radius 2 is 1.61 bits per heavy atom. The van der Waals surface area contributed by atoms with E-state index >= 15 is 0 Å². The molecule has 0 bridgehead atoms. The molecule has 6 nitrogen and oxygen atoms in total. The maximum atomic E-state index is 11.0. The van der Waals surface area contributed by atoms with Gasteiger partial charge < -0.3 is 19.4 Å². The lowest BCUT2D eigenvalue weighted by Crippen LogP contribution is -2.08. The zero-order valence-corrected chi connectivity index (χ0v) is 14.8. The van der Waals surface area contributed by atoms with Crippen LogP contribution in [0.2, 0.25) is 0 Å². The predicted molar refractivity (Wildman–Crippen MR) is 103 cm³/mol. The van der Waals surface area contributed by atoms with Crippen LogP contribution in [0.3, 0.4) is 0 Å². The van der Waals surface area contributed by atoms with E-state index in [4.69, 9.17) is 19.4 Å². The van der Waals surface area contributed by atoms with Gasteiger partial charge in [-0.15, -0.1) is 0 Å². The van der Waals surface area contributed by atoms with Crippen LogP contribution >= 0.6 is 0 Å². The smallest absolute Gasteiger partial charge is 0.335 e. The van der Waals surface area contributed by atoms with Crippen LogP contribution in [0, 0.1) is 0 Å². The number of carboxylic acid groups (broad SMARTS) is 1. The number of aromatic carboxylic acids is 1. The van der Waals surface area contributed by atoms with Gasteiger partial charge in [0.15, 0.2) is 6.10 Å². The molecule has 0 spiro atoms. The van der Waals surface area contributed by atoms with E-state index in [2.05, 4.69) is 5.16 Å². The highest BCUT2D eigenvalue weighted by atomic mass is 16.7. The SMILES string of the molecule is O=C(O)c1cccc(OC2=NO[C@@H](c3ccc(Oc4ccccc4)cc3)C2)c1. The molecule has 0 amide bonds. The quantitative estimate of drug-likeness (QED) is 0.677. The molecule has 28 heavy (non-hydrogen) atoms. The van der Waals surface area contributed by atoms with Gasteiger partial charge in [-0.05, 0) is 48.0 Å². The molecule has 1 aliphatic rings. The zero-order valence-electron chi connectivity index (χ0n) is 14.8. The van der Waals surface area contributed by atoms with Gasteiger partial charge in [0.1, 0.15) is 17.2 Å². The van der Waals surface area contributed by atoms with Crippen molar-refractivity contribution in [3.63, 3.8) is 0 Å². The van der Waals surface area contributed by atoms with Gasteiger partial charge in [-0.3, -0.25) is 0 Å². The summed E-state index contributed by atoms with van der Waals surface area (Å²) in [4.78, 5) is 16.5. The van der Waals surface area contributed by atoms with E-state index in [0.717, 1.165) is 17.1 Å². The molecule has 0 fully saturated rings. The summed E-state index contributed by atoms with van der Waals surface area (Å²) in [5, 5.41) is 13.0. The molecule has 0 saturated carbocycles. The average molecular weight is 375 g/mol. The van der Waals surface area contributed by atoms with Gasteiger partial charge in [-0.25, -0.2) is 4.79 Å². The lowest BCUT2D eigenvalue weighted by Gasteiger charge is -2.10. The third kappa shape index (κ3) is 4.12. The van der Waals surface area contributed by atoms with Crippen LogP contribution in [-0.2, 0) is 4.84 Å². The Bertz CT molecular complexity index is 999. The van der Waals surface area contributed by atoms with E-state index in [9.17, 15) is 4.79 Å². The van der Waals surface area contributed by atoms with Crippen molar-refractivity contribution < 1.29 is 24.2 Å². The van der Waals surface area contributed by atoms with Crippen LogP contribution in [0.5, 0.6) is 17.2 Å². The summed E-state index contributed by atoms with van der Waals surface area (Å²) in [6.45, 7) is 0. The van der Waals surface area contributed by atoms with Crippen molar-refractivity contribution in [1.29, 1.82) is 0 Å². The number of carbonyl (C=O) groups is 1. The topological polar surface area (TPSA) is 77.4 Å². The minimum absolute atomic E-state index is 0.155. The number of benzene rings is 3. The number of carboxylic acids is 1. The summed E-state index contributed by atoms with van der Waals surface area (Å²) in [5.41, 5.74) is 1.10. The summed E-state index contributed by atoms with van der Waals surface area (Å²) in [6, 6.07) is 23.4. The van der Waals surface area contributed by atoms with Crippen LogP contribution in [-0.4, -0.2) is 17.0 Å². The monoisotopic (exact) mass is 375 g/mol. The summed E-state index contributed by atoms with van der Waals surface area (Å²) >= 11 is 0. The first-order valence-electron chi connectivity index (χ1n) is 8.74. The molecule has 1 aliphatic heterocycles. The van der Waals surface area contributed by atoms with Crippen LogP contribution in [0.15, 0.2) is 84.0 Å². The molecule has 1 atom stereocenters. The molecule has 3 aromatic carbocycles. The molecule has 1 N–H and O–H groups in total. The largest absolute Gasteiger partial charge is 0.478 e. The molecule has 0 unspecified atom stereocenters. The van der Waals surface area contributed by atoms with Gasteiger partial charge in [-0.2, -0.15) is 0 Å². The fraction of sp³-hybridized carbons (Fsp3) is 0.0909. The van der Waals surface area contributed by atoms with E-state index in [1.54, 1.807) is 12.1 Å². The van der Waals surface area contributed by atoms with Crippen molar-refractivity contribution in [3.8, 4) is 17.2 Å². The van der Waals surface area contributed by atoms with Gasteiger partial charge >= 0.3 is 5.97 Å². The predicted octanol–water partition coefficient (Wildman–Crippen LogP) is 5.03. The Morgan fingerprint density at radius 1 is 0.893 bits per heavy atom. The number of nitrogens with zero attached hydrogens (tertiary/aromatic N) is 1. The molecular weight excluding hydrogens is 358 g/mol. The van der Waals surface area contributed by atoms with E-state index in [-0.39, 0.29) is 11.7 Å². The normalized spacial score (nSPS) is 15.4. The highest BCUT2D eigenvalue weighted by Crippen LogP contribution is 2.30. The lowest BCUT2D eigenvalue weighted by atomic mass is 10.1. The van der Waals surface area contributed by atoms with E-state index in [0.29, 0.717) is 18.1 Å². The van der Waals surface area contributed by atoms with Gasteiger partial charge in [0.25, 0.3) is 0 Å². The number of oxime groups is 1. The van der Waals surface area contributed by atoms with Crippen molar-refractivity contribution >= 4 is 11.9 Å². The number of hydrogen-bond donors (Lipinski definition) is 1. The van der Waals surface area contributed by atoms with Crippen molar-refractivity contribution in [2.45, 2.75) is 12.5 Å². The molecule has 3 aromatic rings. The fourth-order valence-corrected chi connectivity index (χ4v) is 2.80. The summed E-state index contributed by atoms with van der Waals surface area (Å²) in [7, 11) is 0. The van der Waals surface area contributed by atoms with Gasteiger partial charge in [-0.1, -0.05) is 41.6 Å². The summed E-state index contributed by atoms with van der Waals surface area (Å²) < 4.78 is 11.4. The second-order valence-corrected chi connectivity index (χ2v) is 6.20. The first-order chi connectivity index (χ1) is 13.7. The number of para-hydroxylation sites is 1. The third-order valence-corrected chi connectivity index (χ3v) is 4.19. The van der Waals surface area contributed by atoms with Crippen LogP contribution < -0.4 is 9.47 Å². The Hall–Kier alpha value is -3.80. The lowest BCUT2D eigenvalue weighted by molar-refractivity contribution is 0.0696. The van der Waals surface area contributed by atoms with Crippen molar-refractivity contribution in [1.82, 2.24) is 0 Å². The molecule has 6 heteroatoms. The van der Waals surface area contributed by atoms with Crippen LogP contribution in [0.1, 0.15) is 28.4 Å². The van der Waals surface area contributed by atoms with Gasteiger partial charge in [0, 0.05) is 0 Å². The van der Waals surface area contributed by atoms with Gasteiger partial charge in [0.05, 0.1) is 12.0 Å². The second-order valence-electron chi connectivity index (χ2n) is 6.20. The number of ether oxygens (including phenoxy) is 2. The van der Waals surface area contributed by atoms with E-state index < -0.39 is 5.97 Å². The molecule has 0 aliphatic carbocycles. The first-order valence-corrected chi connectivity index (χ1v) is 8.74.